The molecule has 1 fully saturated rings. The molecule has 15 heavy (non-hydrogen) atoms. The van der Waals surface area contributed by atoms with Crippen LogP contribution in [0.15, 0.2) is 18.5 Å². The molecule has 0 radical (unpaired) electrons. The van der Waals surface area contributed by atoms with Gasteiger partial charge in [0.05, 0.1) is 17.5 Å². The smallest absolute Gasteiger partial charge is 0.0819 e. The fourth-order valence-corrected chi connectivity index (χ4v) is 2.12. The molecular formula is C12H18N2O. The molecule has 3 nitrogen and oxygen atoms in total. The fourth-order valence-electron chi connectivity index (χ4n) is 2.12. The van der Waals surface area contributed by atoms with Crippen molar-refractivity contribution in [3.8, 4) is 0 Å². The van der Waals surface area contributed by atoms with Crippen LogP contribution in [-0.4, -0.2) is 22.2 Å². The van der Waals surface area contributed by atoms with Crippen LogP contribution in [0.1, 0.15) is 31.2 Å². The molecule has 1 aliphatic carbocycles. The Morgan fingerprint density at radius 1 is 1.47 bits per heavy atom. The molecule has 0 bridgehead atoms. The van der Waals surface area contributed by atoms with Crippen molar-refractivity contribution >= 4 is 5.69 Å². The quantitative estimate of drug-likeness (QED) is 0.796. The van der Waals surface area contributed by atoms with Gasteiger partial charge in [0.15, 0.2) is 0 Å². The molecule has 3 heteroatoms. The van der Waals surface area contributed by atoms with E-state index >= 15 is 0 Å². The molecule has 0 aliphatic heterocycles. The zero-order chi connectivity index (χ0) is 10.7. The number of rotatable bonds is 3. The summed E-state index contributed by atoms with van der Waals surface area (Å²) in [7, 11) is 0. The molecule has 0 spiro atoms. The van der Waals surface area contributed by atoms with Crippen molar-refractivity contribution in [2.24, 2.45) is 0 Å². The third-order valence-electron chi connectivity index (χ3n) is 3.18. The number of hydrogen-bond donors (Lipinski definition) is 2. The Kier molecular flexibility index (Phi) is 2.91. The molecule has 2 N–H and O–H groups in total. The number of anilines is 1. The first-order valence-electron chi connectivity index (χ1n) is 5.56. The summed E-state index contributed by atoms with van der Waals surface area (Å²) in [6.45, 7) is 2.68. The van der Waals surface area contributed by atoms with E-state index in [0.29, 0.717) is 6.54 Å². The van der Waals surface area contributed by atoms with Gasteiger partial charge in [0.1, 0.15) is 0 Å². The molecule has 2 rings (SSSR count). The Hall–Kier alpha value is -1.09. The molecule has 0 atom stereocenters. The Morgan fingerprint density at radius 2 is 2.20 bits per heavy atom. The van der Waals surface area contributed by atoms with Crippen LogP contribution >= 0.6 is 0 Å². The predicted molar refractivity (Wildman–Crippen MR) is 60.9 cm³/mol. The van der Waals surface area contributed by atoms with Gasteiger partial charge in [-0.05, 0) is 31.4 Å². The van der Waals surface area contributed by atoms with E-state index in [1.54, 1.807) is 6.20 Å². The second-order valence-corrected chi connectivity index (χ2v) is 4.48. The maximum absolute atomic E-state index is 10.2. The van der Waals surface area contributed by atoms with Crippen molar-refractivity contribution in [1.29, 1.82) is 0 Å². The topological polar surface area (TPSA) is 45.2 Å². The van der Waals surface area contributed by atoms with E-state index in [-0.39, 0.29) is 0 Å². The van der Waals surface area contributed by atoms with Gasteiger partial charge in [-0.3, -0.25) is 4.98 Å². The maximum Gasteiger partial charge on any atom is 0.0819 e. The van der Waals surface area contributed by atoms with Gasteiger partial charge in [-0.1, -0.05) is 12.8 Å². The largest absolute Gasteiger partial charge is 0.388 e. The molecule has 1 aromatic heterocycles. The van der Waals surface area contributed by atoms with Gasteiger partial charge in [-0.25, -0.2) is 0 Å². The average molecular weight is 206 g/mol. The summed E-state index contributed by atoms with van der Waals surface area (Å²) in [6.07, 6.45) is 7.71. The number of hydrogen-bond acceptors (Lipinski definition) is 3. The Morgan fingerprint density at radius 3 is 2.87 bits per heavy atom. The highest BCUT2D eigenvalue weighted by molar-refractivity contribution is 5.48. The summed E-state index contributed by atoms with van der Waals surface area (Å²) in [4.78, 5) is 4.07. The SMILES string of the molecule is Cc1ccncc1NCC1(O)CCCC1. The number of pyridine rings is 1. The predicted octanol–water partition coefficient (Wildman–Crippen LogP) is 2.11. The lowest BCUT2D eigenvalue weighted by molar-refractivity contribution is 0.0614. The van der Waals surface area contributed by atoms with Crippen molar-refractivity contribution < 1.29 is 5.11 Å². The minimum Gasteiger partial charge on any atom is -0.388 e. The highest BCUT2D eigenvalue weighted by Gasteiger charge is 2.30. The van der Waals surface area contributed by atoms with E-state index in [1.807, 2.05) is 19.2 Å². The summed E-state index contributed by atoms with van der Waals surface area (Å²) in [5, 5.41) is 13.4. The number of aliphatic hydroxyl groups is 1. The number of nitrogens with one attached hydrogen (secondary N) is 1. The second-order valence-electron chi connectivity index (χ2n) is 4.48. The summed E-state index contributed by atoms with van der Waals surface area (Å²) in [6, 6.07) is 1.97. The molecule has 0 saturated heterocycles. The normalized spacial score (nSPS) is 19.1. The third-order valence-corrected chi connectivity index (χ3v) is 3.18. The van der Waals surface area contributed by atoms with Crippen molar-refractivity contribution in [3.05, 3.63) is 24.0 Å². The van der Waals surface area contributed by atoms with E-state index < -0.39 is 5.60 Å². The first-order valence-corrected chi connectivity index (χ1v) is 5.56. The van der Waals surface area contributed by atoms with Crippen LogP contribution in [0.25, 0.3) is 0 Å². The highest BCUT2D eigenvalue weighted by atomic mass is 16.3. The van der Waals surface area contributed by atoms with Crippen molar-refractivity contribution in [2.75, 3.05) is 11.9 Å². The van der Waals surface area contributed by atoms with Crippen LogP contribution in [-0.2, 0) is 0 Å². The van der Waals surface area contributed by atoms with Crippen LogP contribution in [0, 0.1) is 6.92 Å². The number of aromatic nitrogens is 1. The lowest BCUT2D eigenvalue weighted by Gasteiger charge is -2.23. The molecule has 0 aromatic carbocycles. The molecule has 82 valence electrons. The van der Waals surface area contributed by atoms with Gasteiger partial charge in [0, 0.05) is 12.7 Å². The zero-order valence-corrected chi connectivity index (χ0v) is 9.16. The van der Waals surface area contributed by atoms with E-state index in [1.165, 1.54) is 5.56 Å². The van der Waals surface area contributed by atoms with Gasteiger partial charge >= 0.3 is 0 Å². The first kappa shape index (κ1) is 10.4. The van der Waals surface area contributed by atoms with Gasteiger partial charge in [0.2, 0.25) is 0 Å². The Labute approximate surface area is 90.5 Å². The molecule has 0 unspecified atom stereocenters. The second kappa shape index (κ2) is 4.19. The van der Waals surface area contributed by atoms with E-state index in [2.05, 4.69) is 10.3 Å². The molecule has 1 aliphatic rings. The van der Waals surface area contributed by atoms with Crippen LogP contribution in [0.5, 0.6) is 0 Å². The van der Waals surface area contributed by atoms with Crippen molar-refractivity contribution in [3.63, 3.8) is 0 Å². The van der Waals surface area contributed by atoms with Gasteiger partial charge < -0.3 is 10.4 Å². The standard InChI is InChI=1S/C12H18N2O/c1-10-4-7-13-8-11(10)14-9-12(15)5-2-3-6-12/h4,7-8,14-15H,2-3,5-6,9H2,1H3. The Balaban J connectivity index is 1.95. The summed E-state index contributed by atoms with van der Waals surface area (Å²) >= 11 is 0. The minimum absolute atomic E-state index is 0.498. The van der Waals surface area contributed by atoms with Crippen LogP contribution in [0.4, 0.5) is 5.69 Å². The molecule has 1 saturated carbocycles. The molecule has 1 aromatic rings. The molecule has 1 heterocycles. The lowest BCUT2D eigenvalue weighted by atomic mass is 10.0. The minimum atomic E-state index is -0.498. The zero-order valence-electron chi connectivity index (χ0n) is 9.16. The van der Waals surface area contributed by atoms with Crippen LogP contribution in [0.3, 0.4) is 0 Å². The molecule has 0 amide bonds. The first-order chi connectivity index (χ1) is 7.20. The van der Waals surface area contributed by atoms with Crippen LogP contribution in [0.2, 0.25) is 0 Å². The van der Waals surface area contributed by atoms with Gasteiger partial charge in [-0.15, -0.1) is 0 Å². The van der Waals surface area contributed by atoms with Crippen LogP contribution < -0.4 is 5.32 Å². The lowest BCUT2D eigenvalue weighted by Crippen LogP contribution is -2.33. The van der Waals surface area contributed by atoms with E-state index in [0.717, 1.165) is 31.4 Å². The third kappa shape index (κ3) is 2.48. The summed E-state index contributed by atoms with van der Waals surface area (Å²) in [5.74, 6) is 0. The van der Waals surface area contributed by atoms with Crippen molar-refractivity contribution in [2.45, 2.75) is 38.2 Å². The fraction of sp³-hybridized carbons (Fsp3) is 0.583. The number of nitrogens with zero attached hydrogens (tertiary/aromatic N) is 1. The summed E-state index contributed by atoms with van der Waals surface area (Å²) in [5.41, 5.74) is 1.70. The van der Waals surface area contributed by atoms with Crippen molar-refractivity contribution in [1.82, 2.24) is 4.98 Å². The number of aryl methyl sites for hydroxylation is 1. The Bertz CT molecular complexity index is 332. The van der Waals surface area contributed by atoms with Gasteiger partial charge in [0.25, 0.3) is 0 Å². The molecular weight excluding hydrogens is 188 g/mol. The van der Waals surface area contributed by atoms with E-state index in [9.17, 15) is 5.11 Å². The summed E-state index contributed by atoms with van der Waals surface area (Å²) < 4.78 is 0. The maximum atomic E-state index is 10.2. The monoisotopic (exact) mass is 206 g/mol. The van der Waals surface area contributed by atoms with Gasteiger partial charge in [-0.2, -0.15) is 0 Å². The highest BCUT2D eigenvalue weighted by Crippen LogP contribution is 2.29. The average Bonchev–Trinajstić information content (AvgIpc) is 2.65. The van der Waals surface area contributed by atoms with E-state index in [4.69, 9.17) is 0 Å².